The summed E-state index contributed by atoms with van der Waals surface area (Å²) in [7, 11) is 5.71. The number of piperazine rings is 1. The molecule has 1 aliphatic heterocycles. The fraction of sp³-hybridized carbons (Fsp3) is 0.474. The molecule has 0 spiro atoms. The fourth-order valence-corrected chi connectivity index (χ4v) is 3.03. The van der Waals surface area contributed by atoms with E-state index in [2.05, 4.69) is 38.0 Å². The van der Waals surface area contributed by atoms with Crippen molar-refractivity contribution >= 4 is 11.6 Å². The molecular weight excluding hydrogens is 314 g/mol. The van der Waals surface area contributed by atoms with E-state index in [9.17, 15) is 0 Å². The van der Waals surface area contributed by atoms with Crippen LogP contribution >= 0.6 is 0 Å². The van der Waals surface area contributed by atoms with Gasteiger partial charge in [0, 0.05) is 52.9 Å². The summed E-state index contributed by atoms with van der Waals surface area (Å²) in [6.45, 7) is 5.24. The van der Waals surface area contributed by atoms with E-state index in [-0.39, 0.29) is 0 Å². The van der Waals surface area contributed by atoms with Gasteiger partial charge in [-0.05, 0) is 24.1 Å². The highest BCUT2D eigenvalue weighted by Gasteiger charge is 2.18. The van der Waals surface area contributed by atoms with E-state index in [1.54, 1.807) is 13.4 Å². The molecule has 0 bridgehead atoms. The van der Waals surface area contributed by atoms with Gasteiger partial charge in [0.25, 0.3) is 0 Å². The minimum Gasteiger partial charge on any atom is -0.497 e. The molecule has 0 amide bonds. The molecule has 0 N–H and O–H groups in total. The molecule has 1 saturated heterocycles. The first-order chi connectivity index (χ1) is 12.2. The van der Waals surface area contributed by atoms with Gasteiger partial charge in [-0.25, -0.2) is 9.97 Å². The second-order valence-corrected chi connectivity index (χ2v) is 6.56. The number of methoxy groups -OCH3 is 1. The molecule has 0 saturated carbocycles. The fourth-order valence-electron chi connectivity index (χ4n) is 3.03. The summed E-state index contributed by atoms with van der Waals surface area (Å²) in [5.74, 6) is 2.89. The lowest BCUT2D eigenvalue weighted by Gasteiger charge is -2.35. The predicted molar refractivity (Wildman–Crippen MR) is 102 cm³/mol. The van der Waals surface area contributed by atoms with E-state index in [0.29, 0.717) is 0 Å². The molecule has 1 aromatic carbocycles. The summed E-state index contributed by atoms with van der Waals surface area (Å²) in [6.07, 6.45) is 2.73. The van der Waals surface area contributed by atoms with Gasteiger partial charge in [-0.3, -0.25) is 4.90 Å². The second-order valence-electron chi connectivity index (χ2n) is 6.56. The average Bonchev–Trinajstić information content (AvgIpc) is 2.67. The van der Waals surface area contributed by atoms with Crippen molar-refractivity contribution in [1.29, 1.82) is 0 Å². The first kappa shape index (κ1) is 17.5. The summed E-state index contributed by atoms with van der Waals surface area (Å²) in [5.41, 5.74) is 1.36. The van der Waals surface area contributed by atoms with Crippen molar-refractivity contribution < 1.29 is 4.74 Å². The Hall–Kier alpha value is -2.34. The van der Waals surface area contributed by atoms with Crippen molar-refractivity contribution in [3.63, 3.8) is 0 Å². The first-order valence-corrected chi connectivity index (χ1v) is 8.75. The van der Waals surface area contributed by atoms with Gasteiger partial charge in [-0.1, -0.05) is 12.1 Å². The van der Waals surface area contributed by atoms with Crippen molar-refractivity contribution in [3.05, 3.63) is 42.2 Å². The maximum absolute atomic E-state index is 5.21. The Morgan fingerprint density at radius 2 is 1.76 bits per heavy atom. The lowest BCUT2D eigenvalue weighted by molar-refractivity contribution is 0.260. The number of ether oxygens (including phenoxy) is 1. The largest absolute Gasteiger partial charge is 0.497 e. The van der Waals surface area contributed by atoms with Crippen molar-refractivity contribution in [2.45, 2.75) is 6.42 Å². The number of hydrogen-bond acceptors (Lipinski definition) is 6. The normalized spacial score (nSPS) is 15.2. The SMILES string of the molecule is COc1ccc(CCN2CCN(c3cc(N(C)C)ncn3)CC2)cc1. The predicted octanol–water partition coefficient (Wildman–Crippen LogP) is 1.92. The highest BCUT2D eigenvalue weighted by molar-refractivity contribution is 5.49. The zero-order chi connectivity index (χ0) is 17.6. The van der Waals surface area contributed by atoms with E-state index in [1.165, 1.54) is 5.56 Å². The third-order valence-corrected chi connectivity index (χ3v) is 4.67. The van der Waals surface area contributed by atoms with E-state index in [4.69, 9.17) is 4.74 Å². The van der Waals surface area contributed by atoms with Crippen LogP contribution in [0, 0.1) is 0 Å². The van der Waals surface area contributed by atoms with Gasteiger partial charge in [0.1, 0.15) is 23.7 Å². The molecule has 1 aliphatic rings. The summed E-state index contributed by atoms with van der Waals surface area (Å²) in [6, 6.07) is 10.4. The monoisotopic (exact) mass is 341 g/mol. The van der Waals surface area contributed by atoms with Crippen LogP contribution < -0.4 is 14.5 Å². The number of nitrogens with zero attached hydrogens (tertiary/aromatic N) is 5. The van der Waals surface area contributed by atoms with Crippen LogP contribution in [0.25, 0.3) is 0 Å². The van der Waals surface area contributed by atoms with Crippen LogP contribution in [0.2, 0.25) is 0 Å². The Kier molecular flexibility index (Phi) is 5.71. The third kappa shape index (κ3) is 4.60. The van der Waals surface area contributed by atoms with Crippen LogP contribution in [0.5, 0.6) is 5.75 Å². The molecule has 2 heterocycles. The number of benzene rings is 1. The molecule has 0 unspecified atom stereocenters. The van der Waals surface area contributed by atoms with Gasteiger partial charge in [0.05, 0.1) is 7.11 Å². The topological polar surface area (TPSA) is 44.7 Å². The number of rotatable bonds is 6. The summed E-state index contributed by atoms with van der Waals surface area (Å²) >= 11 is 0. The summed E-state index contributed by atoms with van der Waals surface area (Å²) in [4.78, 5) is 15.6. The Labute approximate surface area is 150 Å². The Bertz CT molecular complexity index is 666. The molecule has 1 aromatic heterocycles. The van der Waals surface area contributed by atoms with E-state index in [0.717, 1.165) is 56.5 Å². The summed E-state index contributed by atoms with van der Waals surface area (Å²) in [5, 5.41) is 0. The van der Waals surface area contributed by atoms with Crippen molar-refractivity contribution in [3.8, 4) is 5.75 Å². The van der Waals surface area contributed by atoms with Crippen molar-refractivity contribution in [2.24, 2.45) is 0 Å². The van der Waals surface area contributed by atoms with Gasteiger partial charge in [0.15, 0.2) is 0 Å². The zero-order valence-corrected chi connectivity index (χ0v) is 15.4. The van der Waals surface area contributed by atoms with Crippen LogP contribution in [0.1, 0.15) is 5.56 Å². The number of hydrogen-bond donors (Lipinski definition) is 0. The van der Waals surface area contributed by atoms with Crippen LogP contribution in [-0.2, 0) is 6.42 Å². The van der Waals surface area contributed by atoms with E-state index < -0.39 is 0 Å². The van der Waals surface area contributed by atoms with Gasteiger partial charge in [0.2, 0.25) is 0 Å². The highest BCUT2D eigenvalue weighted by atomic mass is 16.5. The molecule has 134 valence electrons. The number of anilines is 2. The van der Waals surface area contributed by atoms with Crippen LogP contribution in [-0.4, -0.2) is 68.8 Å². The molecule has 0 radical (unpaired) electrons. The van der Waals surface area contributed by atoms with Crippen LogP contribution in [0.3, 0.4) is 0 Å². The third-order valence-electron chi connectivity index (χ3n) is 4.67. The Balaban J connectivity index is 1.49. The van der Waals surface area contributed by atoms with E-state index in [1.807, 2.05) is 31.1 Å². The summed E-state index contributed by atoms with van der Waals surface area (Å²) < 4.78 is 5.21. The lowest BCUT2D eigenvalue weighted by Crippen LogP contribution is -2.47. The molecular formula is C19H27N5O. The molecule has 3 rings (SSSR count). The standard InChI is InChI=1S/C19H27N5O/c1-22(2)18-14-19(21-15-20-18)24-12-10-23(11-13-24)9-8-16-4-6-17(25-3)7-5-16/h4-7,14-15H,8-13H2,1-3H3. The minimum atomic E-state index is 0.916. The van der Waals surface area contributed by atoms with Gasteiger partial charge in [-0.15, -0.1) is 0 Å². The quantitative estimate of drug-likeness (QED) is 0.800. The van der Waals surface area contributed by atoms with Gasteiger partial charge >= 0.3 is 0 Å². The lowest BCUT2D eigenvalue weighted by atomic mass is 10.1. The molecule has 0 atom stereocenters. The maximum Gasteiger partial charge on any atom is 0.134 e. The van der Waals surface area contributed by atoms with Gasteiger partial charge < -0.3 is 14.5 Å². The highest BCUT2D eigenvalue weighted by Crippen LogP contribution is 2.18. The minimum absolute atomic E-state index is 0.916. The zero-order valence-electron chi connectivity index (χ0n) is 15.4. The Morgan fingerprint density at radius 3 is 2.40 bits per heavy atom. The smallest absolute Gasteiger partial charge is 0.134 e. The molecule has 2 aromatic rings. The van der Waals surface area contributed by atoms with Gasteiger partial charge in [-0.2, -0.15) is 0 Å². The molecule has 1 fully saturated rings. The van der Waals surface area contributed by atoms with E-state index >= 15 is 0 Å². The molecule has 6 nitrogen and oxygen atoms in total. The van der Waals surface area contributed by atoms with Crippen LogP contribution in [0.4, 0.5) is 11.6 Å². The van der Waals surface area contributed by atoms with Crippen LogP contribution in [0.15, 0.2) is 36.7 Å². The van der Waals surface area contributed by atoms with Crippen molar-refractivity contribution in [2.75, 3.05) is 63.7 Å². The first-order valence-electron chi connectivity index (χ1n) is 8.75. The van der Waals surface area contributed by atoms with Crippen molar-refractivity contribution in [1.82, 2.24) is 14.9 Å². The average molecular weight is 341 g/mol. The molecule has 0 aliphatic carbocycles. The molecule has 25 heavy (non-hydrogen) atoms. The second kappa shape index (κ2) is 8.16. The Morgan fingerprint density at radius 1 is 1.04 bits per heavy atom. The maximum atomic E-state index is 5.21. The molecule has 6 heteroatoms. The number of aromatic nitrogens is 2.